The zero-order valence-electron chi connectivity index (χ0n) is 16.2. The minimum Gasteiger partial charge on any atom is -0.355 e. The first kappa shape index (κ1) is 17.3. The lowest BCUT2D eigenvalue weighted by Gasteiger charge is -2.33. The maximum Gasteiger partial charge on any atom is 0.266 e. The first-order chi connectivity index (χ1) is 13.7. The van der Waals surface area contributed by atoms with Gasteiger partial charge in [-0.15, -0.1) is 0 Å². The van der Waals surface area contributed by atoms with Crippen molar-refractivity contribution in [1.29, 1.82) is 0 Å². The third kappa shape index (κ3) is 3.39. The predicted octanol–water partition coefficient (Wildman–Crippen LogP) is 3.29. The molecule has 28 heavy (non-hydrogen) atoms. The van der Waals surface area contributed by atoms with Gasteiger partial charge in [-0.3, -0.25) is 4.79 Å². The first-order valence-electron chi connectivity index (χ1n) is 10.2. The Balaban J connectivity index is 1.29. The summed E-state index contributed by atoms with van der Waals surface area (Å²) < 4.78 is 1.69. The van der Waals surface area contributed by atoms with Gasteiger partial charge in [-0.05, 0) is 56.7 Å². The number of benzene rings is 1. The predicted molar refractivity (Wildman–Crippen MR) is 110 cm³/mol. The zero-order chi connectivity index (χ0) is 19.1. The number of piperidine rings is 1. The van der Waals surface area contributed by atoms with Crippen LogP contribution < -0.4 is 10.5 Å². The molecule has 3 aromatic rings. The van der Waals surface area contributed by atoms with Crippen molar-refractivity contribution in [2.24, 2.45) is 5.92 Å². The third-order valence-electron chi connectivity index (χ3n) is 5.95. The summed E-state index contributed by atoms with van der Waals surface area (Å²) in [4.78, 5) is 24.1. The molecule has 0 bridgehead atoms. The molecule has 2 fully saturated rings. The van der Waals surface area contributed by atoms with E-state index in [1.807, 2.05) is 37.3 Å². The summed E-state index contributed by atoms with van der Waals surface area (Å²) in [5.74, 6) is 2.04. The van der Waals surface area contributed by atoms with Gasteiger partial charge in [-0.2, -0.15) is 5.10 Å². The second kappa shape index (κ2) is 7.00. The lowest BCUT2D eigenvalue weighted by atomic mass is 9.96. The summed E-state index contributed by atoms with van der Waals surface area (Å²) in [6.07, 6.45) is 4.48. The van der Waals surface area contributed by atoms with Gasteiger partial charge in [0.2, 0.25) is 0 Å². The van der Waals surface area contributed by atoms with Crippen LogP contribution in [0.3, 0.4) is 0 Å². The van der Waals surface area contributed by atoms with Crippen LogP contribution in [0.4, 0.5) is 5.82 Å². The molecule has 3 heterocycles. The Bertz CT molecular complexity index is 1060. The molecule has 0 atom stereocenters. The van der Waals surface area contributed by atoms with Gasteiger partial charge in [-0.1, -0.05) is 12.1 Å². The normalized spacial score (nSPS) is 18.0. The average molecular weight is 375 g/mol. The van der Waals surface area contributed by atoms with Crippen molar-refractivity contribution in [1.82, 2.24) is 19.7 Å². The molecule has 1 saturated carbocycles. The Labute approximate surface area is 164 Å². The van der Waals surface area contributed by atoms with Crippen LogP contribution in [0.25, 0.3) is 11.0 Å². The van der Waals surface area contributed by atoms with E-state index < -0.39 is 0 Å². The van der Waals surface area contributed by atoms with E-state index in [-0.39, 0.29) is 5.56 Å². The number of hydrogen-bond acceptors (Lipinski definition) is 5. The Morgan fingerprint density at radius 3 is 2.39 bits per heavy atom. The van der Waals surface area contributed by atoms with Crippen molar-refractivity contribution in [2.45, 2.75) is 45.1 Å². The van der Waals surface area contributed by atoms with Gasteiger partial charge in [-0.25, -0.2) is 14.6 Å². The molecule has 6 heteroatoms. The first-order valence-corrected chi connectivity index (χ1v) is 10.2. The molecule has 0 amide bonds. The molecule has 1 aromatic carbocycles. The van der Waals surface area contributed by atoms with Crippen LogP contribution in [0.5, 0.6) is 0 Å². The number of hydrogen-bond donors (Lipinski definition) is 0. The van der Waals surface area contributed by atoms with E-state index in [0.29, 0.717) is 11.8 Å². The summed E-state index contributed by atoms with van der Waals surface area (Å²) in [5, 5.41) is 4.62. The van der Waals surface area contributed by atoms with E-state index >= 15 is 0 Å². The van der Waals surface area contributed by atoms with Crippen molar-refractivity contribution in [3.63, 3.8) is 0 Å². The molecule has 2 aliphatic rings. The van der Waals surface area contributed by atoms with Crippen LogP contribution in [0, 0.1) is 12.8 Å². The number of rotatable bonds is 4. The minimum absolute atomic E-state index is 0.0167. The summed E-state index contributed by atoms with van der Waals surface area (Å²) in [7, 11) is 0. The Kier molecular flexibility index (Phi) is 4.34. The molecule has 1 saturated heterocycles. The third-order valence-corrected chi connectivity index (χ3v) is 5.95. The van der Waals surface area contributed by atoms with E-state index in [1.165, 1.54) is 12.8 Å². The number of aromatic nitrogens is 4. The minimum atomic E-state index is 0.0167. The lowest BCUT2D eigenvalue weighted by Crippen LogP contribution is -2.37. The van der Waals surface area contributed by atoms with Crippen LogP contribution in [0.2, 0.25) is 0 Å². The van der Waals surface area contributed by atoms with E-state index in [1.54, 1.807) is 10.7 Å². The molecule has 0 N–H and O–H groups in total. The molecule has 6 nitrogen and oxygen atoms in total. The topological polar surface area (TPSA) is 63.9 Å². The number of anilines is 1. The van der Waals surface area contributed by atoms with Crippen molar-refractivity contribution in [3.8, 4) is 0 Å². The van der Waals surface area contributed by atoms with Gasteiger partial charge >= 0.3 is 0 Å². The molecule has 2 aromatic heterocycles. The molecular weight excluding hydrogens is 350 g/mol. The van der Waals surface area contributed by atoms with Crippen molar-refractivity contribution in [3.05, 3.63) is 58.1 Å². The van der Waals surface area contributed by atoms with Crippen LogP contribution in [-0.2, 0) is 6.54 Å². The highest BCUT2D eigenvalue weighted by Crippen LogP contribution is 2.38. The molecule has 5 rings (SSSR count). The molecule has 1 aliphatic carbocycles. The maximum absolute atomic E-state index is 12.2. The number of fused-ring (bicyclic) bond motifs is 1. The van der Waals surface area contributed by atoms with Crippen LogP contribution in [0.15, 0.2) is 41.2 Å². The van der Waals surface area contributed by atoms with Gasteiger partial charge in [0.15, 0.2) is 5.82 Å². The number of aryl methyl sites for hydroxylation is 1. The summed E-state index contributed by atoms with van der Waals surface area (Å²) in [5.41, 5.74) is 3.96. The SMILES string of the molecule is Cc1nc2ccccc2nc1N1CCC(Cn2nc(C3CC3)ccc2=O)CC1. The van der Waals surface area contributed by atoms with Gasteiger partial charge < -0.3 is 4.90 Å². The highest BCUT2D eigenvalue weighted by Gasteiger charge is 2.27. The molecule has 0 unspecified atom stereocenters. The van der Waals surface area contributed by atoms with Crippen LogP contribution in [0.1, 0.15) is 43.0 Å². The standard InChI is InChI=1S/C22H25N5O/c1-15-22(24-20-5-3-2-4-19(20)23-15)26-12-10-16(11-13-26)14-27-21(28)9-8-18(25-27)17-6-7-17/h2-5,8-9,16-17H,6-7,10-14H2,1H3. The fourth-order valence-electron chi connectivity index (χ4n) is 4.14. The van der Waals surface area contributed by atoms with E-state index in [2.05, 4.69) is 10.00 Å². The maximum atomic E-state index is 12.2. The Morgan fingerprint density at radius 1 is 0.964 bits per heavy atom. The van der Waals surface area contributed by atoms with Gasteiger partial charge in [0.1, 0.15) is 0 Å². The summed E-state index contributed by atoms with van der Waals surface area (Å²) in [6, 6.07) is 11.6. The zero-order valence-corrected chi connectivity index (χ0v) is 16.2. The van der Waals surface area contributed by atoms with Crippen molar-refractivity contribution >= 4 is 16.9 Å². The monoisotopic (exact) mass is 375 g/mol. The van der Waals surface area contributed by atoms with Crippen molar-refractivity contribution in [2.75, 3.05) is 18.0 Å². The number of nitrogens with zero attached hydrogens (tertiary/aromatic N) is 5. The van der Waals surface area contributed by atoms with E-state index in [0.717, 1.165) is 60.7 Å². The summed E-state index contributed by atoms with van der Waals surface area (Å²) >= 11 is 0. The summed E-state index contributed by atoms with van der Waals surface area (Å²) in [6.45, 7) is 4.63. The number of para-hydroxylation sites is 2. The van der Waals surface area contributed by atoms with Gasteiger partial charge in [0, 0.05) is 31.6 Å². The van der Waals surface area contributed by atoms with Gasteiger partial charge in [0.25, 0.3) is 5.56 Å². The molecule has 1 aliphatic heterocycles. The van der Waals surface area contributed by atoms with Crippen molar-refractivity contribution < 1.29 is 0 Å². The second-order valence-electron chi connectivity index (χ2n) is 8.10. The second-order valence-corrected chi connectivity index (χ2v) is 8.10. The fourth-order valence-corrected chi connectivity index (χ4v) is 4.14. The molecular formula is C22H25N5O. The van der Waals surface area contributed by atoms with E-state index in [4.69, 9.17) is 9.97 Å². The average Bonchev–Trinajstić information content (AvgIpc) is 3.55. The Morgan fingerprint density at radius 2 is 1.68 bits per heavy atom. The van der Waals surface area contributed by atoms with E-state index in [9.17, 15) is 4.79 Å². The molecule has 0 radical (unpaired) electrons. The molecule has 0 spiro atoms. The molecule has 144 valence electrons. The highest BCUT2D eigenvalue weighted by molar-refractivity contribution is 5.76. The largest absolute Gasteiger partial charge is 0.355 e. The quantitative estimate of drug-likeness (QED) is 0.700. The van der Waals surface area contributed by atoms with Crippen LogP contribution >= 0.6 is 0 Å². The van der Waals surface area contributed by atoms with Gasteiger partial charge in [0.05, 0.1) is 22.4 Å². The Hall–Kier alpha value is -2.76. The smallest absolute Gasteiger partial charge is 0.266 e. The highest BCUT2D eigenvalue weighted by atomic mass is 16.1. The van der Waals surface area contributed by atoms with Crippen LogP contribution in [-0.4, -0.2) is 32.8 Å². The lowest BCUT2D eigenvalue weighted by molar-refractivity contribution is 0.332. The fraction of sp³-hybridized carbons (Fsp3) is 0.455.